The molecule has 8 aromatic carbocycles. The SMILES string of the molecule is C=CCc1ccc(CC(c2ccccc2)C(C)c2ccc3c(c2)C(C)(C)c2cc(C(CCc4cccc5c4sc4ccccc45)c4ccccc4)c4ccccc4c2-3)cc1C. The molecule has 0 aliphatic heterocycles. The van der Waals surface area contributed by atoms with Crippen molar-refractivity contribution in [3.63, 3.8) is 0 Å². The zero-order valence-corrected chi connectivity index (χ0v) is 36.7. The van der Waals surface area contributed by atoms with Crippen LogP contribution in [0.3, 0.4) is 0 Å². The average Bonchev–Trinajstić information content (AvgIpc) is 3.79. The minimum atomic E-state index is -0.163. The third kappa shape index (κ3) is 7.04. The highest BCUT2D eigenvalue weighted by Gasteiger charge is 2.39. The monoisotopic (exact) mass is 806 g/mol. The highest BCUT2D eigenvalue weighted by Crippen LogP contribution is 2.54. The van der Waals surface area contributed by atoms with Crippen molar-refractivity contribution < 1.29 is 0 Å². The fraction of sp³-hybridized carbons (Fsp3) is 0.200. The Hall–Kier alpha value is -6.02. The summed E-state index contributed by atoms with van der Waals surface area (Å²) in [5, 5.41) is 5.49. The second-order valence-electron chi connectivity index (χ2n) is 18.0. The molecule has 1 aliphatic carbocycles. The number of allylic oxidation sites excluding steroid dienone is 1. The molecule has 1 aromatic heterocycles. The lowest BCUT2D eigenvalue weighted by molar-refractivity contribution is 0.569. The van der Waals surface area contributed by atoms with Crippen LogP contribution in [0.25, 0.3) is 42.1 Å². The van der Waals surface area contributed by atoms with Gasteiger partial charge in [0.2, 0.25) is 0 Å². The number of aryl methyl sites for hydroxylation is 2. The number of hydrogen-bond donors (Lipinski definition) is 0. The van der Waals surface area contributed by atoms with Crippen molar-refractivity contribution in [2.24, 2.45) is 0 Å². The Kier molecular flexibility index (Phi) is 10.3. The van der Waals surface area contributed by atoms with Crippen LogP contribution >= 0.6 is 11.3 Å². The highest BCUT2D eigenvalue weighted by molar-refractivity contribution is 7.26. The molecule has 0 fully saturated rings. The lowest BCUT2D eigenvalue weighted by Gasteiger charge is -2.28. The topological polar surface area (TPSA) is 0 Å². The number of hydrogen-bond acceptors (Lipinski definition) is 1. The summed E-state index contributed by atoms with van der Waals surface area (Å²) in [6.45, 7) is 13.6. The number of benzene rings is 8. The first-order chi connectivity index (χ1) is 29.8. The predicted octanol–water partition coefficient (Wildman–Crippen LogP) is 16.4. The molecule has 3 unspecified atom stereocenters. The maximum absolute atomic E-state index is 3.98. The molecule has 0 amide bonds. The predicted molar refractivity (Wildman–Crippen MR) is 264 cm³/mol. The summed E-state index contributed by atoms with van der Waals surface area (Å²) < 4.78 is 2.80. The molecule has 10 rings (SSSR count). The van der Waals surface area contributed by atoms with Crippen LogP contribution in [0.15, 0.2) is 183 Å². The first-order valence-electron chi connectivity index (χ1n) is 22.2. The first-order valence-corrected chi connectivity index (χ1v) is 23.0. The van der Waals surface area contributed by atoms with Crippen LogP contribution in [0.5, 0.6) is 0 Å². The summed E-state index contributed by atoms with van der Waals surface area (Å²) in [4.78, 5) is 0. The maximum Gasteiger partial charge on any atom is 0.0387 e. The van der Waals surface area contributed by atoms with Gasteiger partial charge >= 0.3 is 0 Å². The zero-order chi connectivity index (χ0) is 41.7. The van der Waals surface area contributed by atoms with Crippen LogP contribution in [0.1, 0.15) is 101 Å². The Bertz CT molecular complexity index is 3050. The van der Waals surface area contributed by atoms with Crippen LogP contribution in [-0.2, 0) is 24.7 Å². The minimum Gasteiger partial charge on any atom is -0.135 e. The van der Waals surface area contributed by atoms with E-state index in [9.17, 15) is 0 Å². The van der Waals surface area contributed by atoms with E-state index in [4.69, 9.17) is 0 Å². The van der Waals surface area contributed by atoms with E-state index in [0.717, 1.165) is 25.7 Å². The smallest absolute Gasteiger partial charge is 0.0387 e. The van der Waals surface area contributed by atoms with E-state index in [1.165, 1.54) is 97.7 Å². The van der Waals surface area contributed by atoms with Crippen LogP contribution < -0.4 is 0 Å². The Morgan fingerprint density at radius 3 is 2.05 bits per heavy atom. The van der Waals surface area contributed by atoms with Crippen molar-refractivity contribution in [2.45, 2.75) is 76.5 Å². The van der Waals surface area contributed by atoms with Gasteiger partial charge < -0.3 is 0 Å². The van der Waals surface area contributed by atoms with Gasteiger partial charge in [0, 0.05) is 31.5 Å². The molecule has 3 atom stereocenters. The lowest BCUT2D eigenvalue weighted by atomic mass is 9.75. The Balaban J connectivity index is 1.04. The van der Waals surface area contributed by atoms with Crippen LogP contribution in [0.4, 0.5) is 0 Å². The second-order valence-corrected chi connectivity index (χ2v) is 19.1. The van der Waals surface area contributed by atoms with Crippen molar-refractivity contribution in [1.82, 2.24) is 0 Å². The fourth-order valence-electron chi connectivity index (χ4n) is 10.7. The van der Waals surface area contributed by atoms with Crippen molar-refractivity contribution in [3.8, 4) is 11.1 Å². The molecule has 0 bridgehead atoms. The molecule has 1 aliphatic rings. The largest absolute Gasteiger partial charge is 0.135 e. The van der Waals surface area contributed by atoms with Gasteiger partial charge in [0.05, 0.1) is 0 Å². The molecular formula is C60H54S. The Morgan fingerprint density at radius 2 is 1.30 bits per heavy atom. The standard InChI is InChI=1S/C60H54S/c1-6-18-42-30-29-41(35-39(42)2)36-53(44-21-11-8-12-22-44)40(3)46-32-34-52-55(37-46)60(4,5)56-38-54(48-24-13-14-26-50(48)58(52)56)47(43-19-9-7-10-20-43)33-31-45-23-17-27-51-49-25-15-16-28-57(49)61-59(45)51/h6-17,19-30,32,34-35,37-38,40,47,53H,1,18,31,33,36H2,2-5H3. The summed E-state index contributed by atoms with van der Waals surface area (Å²) in [5.74, 6) is 0.908. The van der Waals surface area contributed by atoms with Crippen molar-refractivity contribution in [1.29, 1.82) is 0 Å². The molecular weight excluding hydrogens is 753 g/mol. The molecule has 1 heteroatoms. The molecule has 0 radical (unpaired) electrons. The third-order valence-electron chi connectivity index (χ3n) is 14.1. The van der Waals surface area contributed by atoms with E-state index in [2.05, 4.69) is 204 Å². The van der Waals surface area contributed by atoms with Crippen molar-refractivity contribution in [3.05, 3.63) is 238 Å². The minimum absolute atomic E-state index is 0.163. The molecule has 0 nitrogen and oxygen atoms in total. The van der Waals surface area contributed by atoms with Crippen LogP contribution in [0.2, 0.25) is 0 Å². The lowest BCUT2D eigenvalue weighted by Crippen LogP contribution is -2.17. The highest BCUT2D eigenvalue weighted by atomic mass is 32.1. The molecule has 0 spiro atoms. The van der Waals surface area contributed by atoms with Gasteiger partial charge in [0.1, 0.15) is 0 Å². The fourth-order valence-corrected chi connectivity index (χ4v) is 12.0. The quantitative estimate of drug-likeness (QED) is 0.108. The van der Waals surface area contributed by atoms with Gasteiger partial charge in [-0.2, -0.15) is 0 Å². The third-order valence-corrected chi connectivity index (χ3v) is 15.3. The summed E-state index contributed by atoms with van der Waals surface area (Å²) >= 11 is 1.95. The van der Waals surface area contributed by atoms with E-state index in [1.54, 1.807) is 0 Å². The summed E-state index contributed by atoms with van der Waals surface area (Å²) in [5.41, 5.74) is 16.7. The van der Waals surface area contributed by atoms with Crippen molar-refractivity contribution >= 4 is 42.3 Å². The zero-order valence-electron chi connectivity index (χ0n) is 35.9. The van der Waals surface area contributed by atoms with Gasteiger partial charge in [-0.3, -0.25) is 0 Å². The molecule has 300 valence electrons. The average molecular weight is 807 g/mol. The molecule has 0 saturated heterocycles. The summed E-state index contributed by atoms with van der Waals surface area (Å²) in [6, 6.07) is 64.7. The van der Waals surface area contributed by atoms with Gasteiger partial charge in [0.25, 0.3) is 0 Å². The van der Waals surface area contributed by atoms with E-state index in [1.807, 2.05) is 17.4 Å². The molecule has 0 saturated carbocycles. The normalized spacial score (nSPS) is 14.5. The van der Waals surface area contributed by atoms with Gasteiger partial charge in [-0.05, 0) is 128 Å². The van der Waals surface area contributed by atoms with Crippen LogP contribution in [-0.4, -0.2) is 0 Å². The van der Waals surface area contributed by atoms with E-state index < -0.39 is 0 Å². The van der Waals surface area contributed by atoms with E-state index >= 15 is 0 Å². The first kappa shape index (κ1) is 39.1. The number of rotatable bonds is 12. The summed E-state index contributed by atoms with van der Waals surface area (Å²) in [7, 11) is 0. The number of fused-ring (bicyclic) bond motifs is 8. The second kappa shape index (κ2) is 16.1. The Labute approximate surface area is 366 Å². The van der Waals surface area contributed by atoms with E-state index in [-0.39, 0.29) is 11.3 Å². The molecule has 9 aromatic rings. The molecule has 61 heavy (non-hydrogen) atoms. The summed E-state index contributed by atoms with van der Waals surface area (Å²) in [6.07, 6.45) is 5.96. The molecule has 1 heterocycles. The van der Waals surface area contributed by atoms with Gasteiger partial charge in [-0.25, -0.2) is 0 Å². The number of thiophene rings is 1. The Morgan fingerprint density at radius 1 is 0.607 bits per heavy atom. The van der Waals surface area contributed by atoms with Crippen LogP contribution in [0, 0.1) is 6.92 Å². The van der Waals surface area contributed by atoms with Gasteiger partial charge in [-0.15, -0.1) is 17.9 Å². The van der Waals surface area contributed by atoms with Gasteiger partial charge in [-0.1, -0.05) is 191 Å². The molecule has 0 N–H and O–H groups in total. The van der Waals surface area contributed by atoms with Crippen molar-refractivity contribution in [2.75, 3.05) is 0 Å². The van der Waals surface area contributed by atoms with Gasteiger partial charge in [0.15, 0.2) is 0 Å². The maximum atomic E-state index is 3.98. The van der Waals surface area contributed by atoms with E-state index in [0.29, 0.717) is 11.8 Å².